The van der Waals surface area contributed by atoms with Crippen molar-refractivity contribution < 1.29 is 133 Å². The van der Waals surface area contributed by atoms with Gasteiger partial charge in [0.05, 0.1) is 6.61 Å². The van der Waals surface area contributed by atoms with Crippen LogP contribution in [-0.4, -0.2) is 84.2 Å². The molecule has 0 amide bonds. The molecule has 0 radical (unpaired) electrons. The van der Waals surface area contributed by atoms with E-state index in [0.29, 0.717) is 6.61 Å². The maximum absolute atomic E-state index is 11.2. The number of carbonyl (C=O) groups excluding carboxylic acids is 1. The molecule has 0 saturated heterocycles. The summed E-state index contributed by atoms with van der Waals surface area (Å²) < 4.78 is 180. The Morgan fingerprint density at radius 3 is 1.02 bits per heavy atom. The molecule has 262 valence electrons. The third-order valence-corrected chi connectivity index (χ3v) is 9.08. The summed E-state index contributed by atoms with van der Waals surface area (Å²) >= 11 is 0. The van der Waals surface area contributed by atoms with Crippen LogP contribution in [-0.2, 0) is 68.9 Å². The Labute approximate surface area is 278 Å². The molecule has 0 aliphatic carbocycles. The number of halogens is 8. The van der Waals surface area contributed by atoms with Gasteiger partial charge in [-0.1, -0.05) is 13.3 Å². The first-order valence-corrected chi connectivity index (χ1v) is 18.2. The van der Waals surface area contributed by atoms with E-state index in [1.54, 1.807) is 0 Å². The van der Waals surface area contributed by atoms with Crippen molar-refractivity contribution in [2.24, 2.45) is 0 Å². The Hall–Kier alpha value is 0.325. The fourth-order valence-electron chi connectivity index (χ4n) is 0.803. The van der Waals surface area contributed by atoms with E-state index in [2.05, 4.69) is 33.0 Å². The van der Waals surface area contributed by atoms with Crippen molar-refractivity contribution in [3.05, 3.63) is 4.13 Å². The topological polar surface area (TPSA) is 377 Å². The number of ether oxygens (including phenoxy) is 1. The molecule has 0 aliphatic heterocycles. The summed E-state index contributed by atoms with van der Waals surface area (Å²) in [5, 5.41) is -3.33. The third kappa shape index (κ3) is 127. The van der Waals surface area contributed by atoms with Crippen LogP contribution in [0.1, 0.15) is 26.7 Å². The molecule has 19 nitrogen and oxygen atoms in total. The summed E-state index contributed by atoms with van der Waals surface area (Å²) in [6, 6.07) is 0. The average Bonchev–Trinajstić information content (AvgIpc) is 2.47. The minimum absolute atomic E-state index is 0. The number of rotatable bonds is 9. The van der Waals surface area contributed by atoms with Crippen LogP contribution in [0.25, 0.3) is 4.13 Å². The van der Waals surface area contributed by atoms with Crippen molar-refractivity contribution in [3.8, 4) is 0 Å². The van der Waals surface area contributed by atoms with Gasteiger partial charge >= 0.3 is 64.1 Å². The molecule has 0 aromatic rings. The smallest absolute Gasteiger partial charge is 0.870 e. The van der Waals surface area contributed by atoms with Gasteiger partial charge in [-0.2, -0.15) is 16.8 Å². The minimum Gasteiger partial charge on any atom is -0.870 e. The molecule has 0 unspecified atom stereocenters. The number of nitrogens with zero attached hydrogens (tertiary/aromatic N) is 1. The van der Waals surface area contributed by atoms with Crippen LogP contribution in [0, 0.1) is 0 Å². The zero-order valence-electron chi connectivity index (χ0n) is 22.0. The molecular formula is C8H25Cl2F6Li2N3O16S6. The molecule has 35 heteroatoms. The van der Waals surface area contributed by atoms with Crippen molar-refractivity contribution in [1.29, 1.82) is 0 Å². The molecule has 0 atom stereocenters. The normalized spacial score (nSPS) is 10.3. The Kier molecular flexibility index (Phi) is 58.2. The van der Waals surface area contributed by atoms with Crippen molar-refractivity contribution in [2.45, 2.75) is 26.7 Å². The van der Waals surface area contributed by atoms with Gasteiger partial charge in [-0.3, -0.25) is 4.79 Å². The van der Waals surface area contributed by atoms with Gasteiger partial charge in [0.1, 0.15) is 0 Å². The van der Waals surface area contributed by atoms with Gasteiger partial charge in [-0.05, 0) is 6.42 Å². The van der Waals surface area contributed by atoms with Gasteiger partial charge in [0, 0.05) is 37.4 Å². The summed E-state index contributed by atoms with van der Waals surface area (Å²) in [5.74, 6) is -0.182. The van der Waals surface area contributed by atoms with Crippen molar-refractivity contribution in [2.75, 3.05) is 16.8 Å². The first-order valence-electron chi connectivity index (χ1n) is 7.49. The second-order valence-corrected chi connectivity index (χ2v) is 16.2. The predicted molar refractivity (Wildman–Crippen MR) is 132 cm³/mol. The molecule has 0 spiro atoms. The van der Waals surface area contributed by atoms with Crippen LogP contribution in [0.5, 0.6) is 0 Å². The van der Waals surface area contributed by atoms with E-state index in [9.17, 15) is 70.8 Å². The molecule has 0 aliphatic rings. The van der Waals surface area contributed by atoms with Crippen molar-refractivity contribution in [3.63, 3.8) is 0 Å². The Balaban J connectivity index is -0.0000000331. The van der Waals surface area contributed by atoms with E-state index in [0.717, 1.165) is 17.0 Å². The molecule has 0 aromatic heterocycles. The van der Waals surface area contributed by atoms with E-state index in [4.69, 9.17) is 9.15 Å². The fourth-order valence-corrected chi connectivity index (χ4v) is 6.87. The summed E-state index contributed by atoms with van der Waals surface area (Å²) in [4.78, 5) is 10.1. The van der Waals surface area contributed by atoms with Gasteiger partial charge in [-0.15, -0.1) is 15.5 Å². The molecule has 0 bridgehead atoms. The van der Waals surface area contributed by atoms with E-state index in [-0.39, 0.29) is 66.9 Å². The summed E-state index contributed by atoms with van der Waals surface area (Å²) in [7, 11) is -20.7. The zero-order valence-corrected chi connectivity index (χ0v) is 28.4. The molecule has 0 heterocycles. The Morgan fingerprint density at radius 2 is 0.953 bits per heavy atom. The molecular weight excluding hydrogens is 785 g/mol. The summed E-state index contributed by atoms with van der Waals surface area (Å²) in [6.07, 6.45) is 2.05. The summed E-state index contributed by atoms with van der Waals surface area (Å²) in [6.45, 7) is 4.06. The second kappa shape index (κ2) is 33.7. The summed E-state index contributed by atoms with van der Waals surface area (Å²) in [5.41, 5.74) is 0. The monoisotopic (exact) mass is 809 g/mol. The molecule has 43 heavy (non-hydrogen) atoms. The zero-order chi connectivity index (χ0) is 31.5. The number of carbonyl (C=O) groups is 1. The van der Waals surface area contributed by atoms with Crippen LogP contribution in [0.2, 0.25) is 0 Å². The number of hydrogen-bond donors (Lipinski definition) is 2. The average molecular weight is 810 g/mol. The maximum atomic E-state index is 11.2. The van der Waals surface area contributed by atoms with E-state index >= 15 is 0 Å². The standard InChI is InChI=1S/C6H12O2.CH2Cl2O4S2.CH2F2O4S2.F2NO4S2.F2.2Li.2H3N.2H2O/c1-3-4-5-8-6(2)7;2*2-8(4,5)1-9(3,6)7;1-8(4,5)3-9(2,6)7;1-2;;;;;;/h3-5H2,1-2H3;2*1H2;;;;;2*1H3;2*1H2/q;;;-1;;2*+1;;;;/p-1. The van der Waals surface area contributed by atoms with Crippen molar-refractivity contribution >= 4 is 86.7 Å². The first-order chi connectivity index (χ1) is 15.9. The predicted octanol–water partition coefficient (Wildman–Crippen LogP) is -5.07. The van der Waals surface area contributed by atoms with E-state index in [1.807, 2.05) is 0 Å². The quantitative estimate of drug-likeness (QED) is 0.0723. The van der Waals surface area contributed by atoms with Crippen LogP contribution in [0.15, 0.2) is 0 Å². The maximum Gasteiger partial charge on any atom is 1.00 e. The van der Waals surface area contributed by atoms with Crippen molar-refractivity contribution in [1.82, 2.24) is 12.3 Å². The molecule has 0 fully saturated rings. The van der Waals surface area contributed by atoms with Crippen LogP contribution >= 0.6 is 21.4 Å². The number of unbranched alkanes of at least 4 members (excludes halogenated alkanes) is 1. The molecule has 0 aromatic carbocycles. The van der Waals surface area contributed by atoms with Gasteiger partial charge in [0.15, 0.2) is 5.08 Å². The van der Waals surface area contributed by atoms with Gasteiger partial charge < -0.3 is 32.1 Å². The third-order valence-electron chi connectivity index (χ3n) is 1.54. The Morgan fingerprint density at radius 1 is 0.698 bits per heavy atom. The Bertz CT molecular complexity index is 1090. The van der Waals surface area contributed by atoms with Gasteiger partial charge in [-0.25, -0.2) is 33.7 Å². The van der Waals surface area contributed by atoms with Crippen LogP contribution < -0.4 is 50.0 Å². The number of esters is 1. The molecule has 9 N–H and O–H groups in total. The fraction of sp³-hybridized carbons (Fsp3) is 0.875. The van der Waals surface area contributed by atoms with Gasteiger partial charge in [0.2, 0.25) is 44.0 Å². The molecule has 0 saturated carbocycles. The van der Waals surface area contributed by atoms with E-state index < -0.39 is 69.5 Å². The molecule has 0 rings (SSSR count). The second-order valence-electron chi connectivity index (χ2n) is 4.98. The SMILES string of the molecule is CCCCOC(C)=O.FF.N.N.O.O=S(=O)(Cl)CS(=O)(=O)Cl.O=S(=O)(F)CS(=O)(=O)F.O=S(=O)(F)[N-]S(=O)(=O)F.[Li+].[Li+].[OH-]. The first kappa shape index (κ1) is 74.3. The van der Waals surface area contributed by atoms with E-state index in [1.165, 1.54) is 6.92 Å². The van der Waals surface area contributed by atoms with Gasteiger partial charge in [0.25, 0.3) is 0 Å². The van der Waals surface area contributed by atoms with Crippen LogP contribution in [0.4, 0.5) is 24.7 Å². The van der Waals surface area contributed by atoms with Crippen LogP contribution in [0.3, 0.4) is 0 Å². The minimum atomic E-state index is -5.62. The number of hydrogen-bond acceptors (Lipinski definition) is 17. The largest absolute Gasteiger partial charge is 1.00 e.